The summed E-state index contributed by atoms with van der Waals surface area (Å²) in [6.45, 7) is 5.20. The fraction of sp³-hybridized carbons (Fsp3) is 0.500. The smallest absolute Gasteiger partial charge is 0.336 e. The van der Waals surface area contributed by atoms with Gasteiger partial charge in [-0.25, -0.2) is 14.2 Å². The molecule has 12 heteroatoms. The standard InChI is InChI=1S/C18H24FN3O.C6H8O7/c19-18-5-2-1-4-17(18)13-22(12-16-6-11-23-14-16)9-3-8-21-10-7-20-15-21;7-3(8)1-6(13,5(11)12)2-4(9)10/h1-2,4-5,7,10,15-16H,3,6,8-9,11-14H2;13H,1-2H2,(H,7,8)(H,9,10)(H,11,12). The van der Waals surface area contributed by atoms with E-state index in [9.17, 15) is 18.8 Å². The van der Waals surface area contributed by atoms with Gasteiger partial charge in [0.25, 0.3) is 0 Å². The van der Waals surface area contributed by atoms with Crippen molar-refractivity contribution in [3.8, 4) is 0 Å². The predicted octanol–water partition coefficient (Wildman–Crippen LogP) is 1.70. The summed E-state index contributed by atoms with van der Waals surface area (Å²) in [6.07, 6.45) is 5.46. The molecule has 2 heterocycles. The Bertz CT molecular complexity index is 964. The number of rotatable bonds is 13. The van der Waals surface area contributed by atoms with Crippen LogP contribution in [0.3, 0.4) is 0 Å². The van der Waals surface area contributed by atoms with Crippen LogP contribution in [0.2, 0.25) is 0 Å². The normalized spacial score (nSPS) is 15.4. The van der Waals surface area contributed by atoms with Crippen molar-refractivity contribution in [3.63, 3.8) is 0 Å². The lowest BCUT2D eigenvalue weighted by atomic mass is 9.96. The van der Waals surface area contributed by atoms with Crippen LogP contribution < -0.4 is 0 Å². The molecule has 1 aromatic carbocycles. The summed E-state index contributed by atoms with van der Waals surface area (Å²) in [5.41, 5.74) is -1.97. The van der Waals surface area contributed by atoms with Gasteiger partial charge in [-0.05, 0) is 24.8 Å². The molecule has 0 amide bonds. The van der Waals surface area contributed by atoms with E-state index in [1.54, 1.807) is 12.3 Å². The third-order valence-corrected chi connectivity index (χ3v) is 5.63. The summed E-state index contributed by atoms with van der Waals surface area (Å²) in [6, 6.07) is 7.06. The third kappa shape index (κ3) is 10.1. The molecule has 36 heavy (non-hydrogen) atoms. The fourth-order valence-corrected chi connectivity index (χ4v) is 3.80. The van der Waals surface area contributed by atoms with Gasteiger partial charge in [0.1, 0.15) is 5.82 Å². The van der Waals surface area contributed by atoms with Crippen LogP contribution in [-0.2, 0) is 32.2 Å². The number of aliphatic carboxylic acids is 3. The second kappa shape index (κ2) is 14.3. The number of aromatic nitrogens is 2. The van der Waals surface area contributed by atoms with Crippen LogP contribution in [0.1, 0.15) is 31.2 Å². The van der Waals surface area contributed by atoms with Crippen molar-refractivity contribution in [1.29, 1.82) is 0 Å². The van der Waals surface area contributed by atoms with E-state index >= 15 is 0 Å². The highest BCUT2D eigenvalue weighted by atomic mass is 19.1. The maximum absolute atomic E-state index is 13.9. The molecule has 1 aliphatic rings. The van der Waals surface area contributed by atoms with E-state index in [-0.39, 0.29) is 5.82 Å². The van der Waals surface area contributed by atoms with Crippen LogP contribution in [0.4, 0.5) is 4.39 Å². The molecular formula is C24H32FN3O8. The molecule has 0 bridgehead atoms. The lowest BCUT2D eigenvalue weighted by molar-refractivity contribution is -0.170. The molecular weight excluding hydrogens is 477 g/mol. The van der Waals surface area contributed by atoms with E-state index in [2.05, 4.69) is 14.5 Å². The van der Waals surface area contributed by atoms with E-state index in [1.165, 1.54) is 6.07 Å². The summed E-state index contributed by atoms with van der Waals surface area (Å²) >= 11 is 0. The van der Waals surface area contributed by atoms with Gasteiger partial charge in [0.15, 0.2) is 5.60 Å². The van der Waals surface area contributed by atoms with Gasteiger partial charge in [-0.3, -0.25) is 14.5 Å². The highest BCUT2D eigenvalue weighted by molar-refractivity contribution is 5.88. The fourth-order valence-electron chi connectivity index (χ4n) is 3.80. The zero-order chi connectivity index (χ0) is 26.6. The van der Waals surface area contributed by atoms with Crippen molar-refractivity contribution in [2.75, 3.05) is 26.3 Å². The first-order chi connectivity index (χ1) is 17.1. The molecule has 1 aromatic heterocycles. The quantitative estimate of drug-likeness (QED) is 0.313. The van der Waals surface area contributed by atoms with E-state index in [0.29, 0.717) is 12.5 Å². The van der Waals surface area contributed by atoms with Crippen LogP contribution in [0.25, 0.3) is 0 Å². The molecule has 1 aliphatic heterocycles. The van der Waals surface area contributed by atoms with E-state index < -0.39 is 36.4 Å². The number of ether oxygens (including phenoxy) is 1. The summed E-state index contributed by atoms with van der Waals surface area (Å²) in [5, 5.41) is 33.8. The molecule has 4 N–H and O–H groups in total. The minimum atomic E-state index is -2.74. The Hall–Kier alpha value is -3.35. The summed E-state index contributed by atoms with van der Waals surface area (Å²) in [5.74, 6) is -4.57. The molecule has 1 saturated heterocycles. The maximum atomic E-state index is 13.9. The van der Waals surface area contributed by atoms with Gasteiger partial charge >= 0.3 is 17.9 Å². The van der Waals surface area contributed by atoms with Gasteiger partial charge < -0.3 is 29.7 Å². The first-order valence-corrected chi connectivity index (χ1v) is 11.5. The highest BCUT2D eigenvalue weighted by Crippen LogP contribution is 2.18. The second-order valence-electron chi connectivity index (χ2n) is 8.69. The molecule has 3 rings (SSSR count). The Balaban J connectivity index is 0.000000302. The summed E-state index contributed by atoms with van der Waals surface area (Å²) in [7, 11) is 0. The number of hydrogen-bond donors (Lipinski definition) is 4. The van der Waals surface area contributed by atoms with Crippen molar-refractivity contribution >= 4 is 17.9 Å². The highest BCUT2D eigenvalue weighted by Gasteiger charge is 2.40. The Morgan fingerprint density at radius 3 is 2.39 bits per heavy atom. The molecule has 1 atom stereocenters. The largest absolute Gasteiger partial charge is 0.481 e. The monoisotopic (exact) mass is 509 g/mol. The zero-order valence-electron chi connectivity index (χ0n) is 19.8. The number of carboxylic acid groups (broad SMARTS) is 3. The molecule has 2 aromatic rings. The second-order valence-corrected chi connectivity index (χ2v) is 8.69. The Kier molecular flexibility index (Phi) is 11.4. The molecule has 0 saturated carbocycles. The Labute approximate surface area is 207 Å². The van der Waals surface area contributed by atoms with Gasteiger partial charge in [0.05, 0.1) is 25.8 Å². The number of benzene rings is 1. The summed E-state index contributed by atoms with van der Waals surface area (Å²) in [4.78, 5) is 36.9. The Morgan fingerprint density at radius 1 is 1.17 bits per heavy atom. The lowest BCUT2D eigenvalue weighted by Gasteiger charge is -2.25. The molecule has 0 spiro atoms. The number of hydrogen-bond acceptors (Lipinski definition) is 7. The van der Waals surface area contributed by atoms with E-state index in [4.69, 9.17) is 25.2 Å². The SMILES string of the molecule is Fc1ccccc1CN(CCCn1ccnc1)CC1CCOC1.O=C(O)CC(O)(CC(=O)O)C(=O)O. The van der Waals surface area contributed by atoms with Gasteiger partial charge in [0.2, 0.25) is 0 Å². The number of aryl methyl sites for hydroxylation is 1. The number of carboxylic acids is 3. The minimum absolute atomic E-state index is 0.116. The van der Waals surface area contributed by atoms with Crippen LogP contribution in [-0.4, -0.2) is 84.7 Å². The van der Waals surface area contributed by atoms with E-state index in [0.717, 1.165) is 51.3 Å². The van der Waals surface area contributed by atoms with Crippen molar-refractivity contribution < 1.29 is 43.9 Å². The first-order valence-electron chi connectivity index (χ1n) is 11.5. The van der Waals surface area contributed by atoms with Crippen LogP contribution in [0.15, 0.2) is 43.0 Å². The number of nitrogens with zero attached hydrogens (tertiary/aromatic N) is 3. The van der Waals surface area contributed by atoms with Crippen LogP contribution in [0.5, 0.6) is 0 Å². The number of carbonyl (C=O) groups is 3. The third-order valence-electron chi connectivity index (χ3n) is 5.63. The van der Waals surface area contributed by atoms with Crippen molar-refractivity contribution in [2.24, 2.45) is 5.92 Å². The number of imidazole rings is 1. The van der Waals surface area contributed by atoms with Crippen LogP contribution in [0, 0.1) is 11.7 Å². The minimum Gasteiger partial charge on any atom is -0.481 e. The molecule has 198 valence electrons. The predicted molar refractivity (Wildman–Crippen MR) is 125 cm³/mol. The van der Waals surface area contributed by atoms with Gasteiger partial charge in [0, 0.05) is 50.7 Å². The van der Waals surface area contributed by atoms with Gasteiger partial charge in [-0.15, -0.1) is 0 Å². The summed E-state index contributed by atoms with van der Waals surface area (Å²) < 4.78 is 21.5. The maximum Gasteiger partial charge on any atom is 0.336 e. The number of aliphatic hydroxyl groups is 1. The van der Waals surface area contributed by atoms with Gasteiger partial charge in [-0.1, -0.05) is 18.2 Å². The van der Waals surface area contributed by atoms with Crippen molar-refractivity contribution in [1.82, 2.24) is 14.5 Å². The van der Waals surface area contributed by atoms with E-state index in [1.807, 2.05) is 24.7 Å². The lowest BCUT2D eigenvalue weighted by Crippen LogP contribution is -2.42. The molecule has 0 radical (unpaired) electrons. The van der Waals surface area contributed by atoms with Gasteiger partial charge in [-0.2, -0.15) is 0 Å². The average Bonchev–Trinajstić information content (AvgIpc) is 3.49. The topological polar surface area (TPSA) is 162 Å². The van der Waals surface area contributed by atoms with Crippen molar-refractivity contribution in [3.05, 3.63) is 54.4 Å². The molecule has 11 nitrogen and oxygen atoms in total. The first kappa shape index (κ1) is 28.9. The molecule has 1 unspecified atom stereocenters. The molecule has 0 aliphatic carbocycles. The van der Waals surface area contributed by atoms with Crippen LogP contribution >= 0.6 is 0 Å². The van der Waals surface area contributed by atoms with Crippen molar-refractivity contribution in [2.45, 2.75) is 44.4 Å². The zero-order valence-corrected chi connectivity index (χ0v) is 19.8. The number of halogens is 1. The Morgan fingerprint density at radius 2 is 1.86 bits per heavy atom. The average molecular weight is 510 g/mol. The molecule has 1 fully saturated rings.